The van der Waals surface area contributed by atoms with E-state index in [9.17, 15) is 14.7 Å². The van der Waals surface area contributed by atoms with Crippen LogP contribution in [0.2, 0.25) is 0 Å². The monoisotopic (exact) mass is 521 g/mol. The van der Waals surface area contributed by atoms with Crippen LogP contribution in [-0.2, 0) is 19.9 Å². The summed E-state index contributed by atoms with van der Waals surface area (Å²) >= 11 is 0. The number of amides is 1. The molecule has 2 heterocycles. The maximum absolute atomic E-state index is 13.5. The van der Waals surface area contributed by atoms with Crippen LogP contribution in [0, 0.1) is 5.92 Å². The van der Waals surface area contributed by atoms with Crippen LogP contribution in [0.25, 0.3) is 0 Å². The van der Waals surface area contributed by atoms with Crippen LogP contribution in [0.3, 0.4) is 0 Å². The van der Waals surface area contributed by atoms with E-state index in [0.29, 0.717) is 24.3 Å². The Morgan fingerprint density at radius 2 is 1.88 bits per heavy atom. The van der Waals surface area contributed by atoms with Crippen LogP contribution < -0.4 is 22.3 Å². The highest BCUT2D eigenvalue weighted by Gasteiger charge is 2.51. The molecule has 1 aliphatic heterocycles. The number of carbonyl (C=O) groups excluding carboxylic acids is 2. The molecule has 0 bridgehead atoms. The minimum atomic E-state index is -1.68. The van der Waals surface area contributed by atoms with E-state index in [1.165, 1.54) is 6.26 Å². The third-order valence-electron chi connectivity index (χ3n) is 6.99. The van der Waals surface area contributed by atoms with Crippen molar-refractivity contribution in [1.29, 1.82) is 0 Å². The number of likely N-dealkylation sites (tertiary alicyclic amines) is 1. The van der Waals surface area contributed by atoms with Crippen molar-refractivity contribution in [3.8, 4) is 0 Å². The van der Waals surface area contributed by atoms with Crippen molar-refractivity contribution in [2.24, 2.45) is 5.92 Å². The number of rotatable bonds is 7. The Balaban J connectivity index is 0.00000306. The van der Waals surface area contributed by atoms with Gasteiger partial charge in [0.15, 0.2) is 18.0 Å². The number of nitrogens with one attached hydrogen (secondary N) is 1. The Morgan fingerprint density at radius 3 is 2.55 bits per heavy atom. The normalized spacial score (nSPS) is 25.0. The molecule has 1 aromatic heterocycles. The van der Waals surface area contributed by atoms with Gasteiger partial charge in [0, 0.05) is 24.8 Å². The van der Waals surface area contributed by atoms with Crippen LogP contribution in [0.1, 0.15) is 50.5 Å². The Labute approximate surface area is 204 Å². The molecular weight excluding hydrogens is 490 g/mol. The predicted octanol–water partition coefficient (Wildman–Crippen LogP) is 0.195. The Hall–Kier alpha value is -2.23. The third-order valence-corrected chi connectivity index (χ3v) is 6.99. The molecule has 3 atom stereocenters. The number of likely N-dealkylation sites (N-methyl/N-ethyl adjacent to an activating group) is 1. The zero-order valence-corrected chi connectivity index (χ0v) is 20.5. The van der Waals surface area contributed by atoms with Gasteiger partial charge in [0.05, 0.1) is 13.6 Å². The molecule has 0 spiro atoms. The zero-order valence-electron chi connectivity index (χ0n) is 18.9. The van der Waals surface area contributed by atoms with E-state index in [4.69, 9.17) is 9.26 Å². The minimum absolute atomic E-state index is 0. The number of halogens is 1. The number of hydrogen-bond donors (Lipinski definition) is 2. The highest BCUT2D eigenvalue weighted by molar-refractivity contribution is 5.90. The molecule has 1 aliphatic carbocycles. The standard InChI is InChI=1S/C24H31N3O5.BrH/c1-27(17-21(28)25-20-14-16-31-26-20)15-8-13-22(27)32-23(29)24(30,18-9-4-2-5-10-18)19-11-6-3-7-12-19;/h2,4-5,9-10,14,16,19,22,30H,3,6-8,11-13,15,17H2,1H3;1H. The summed E-state index contributed by atoms with van der Waals surface area (Å²) in [4.78, 5) is 26.1. The minimum Gasteiger partial charge on any atom is -1.00 e. The maximum Gasteiger partial charge on any atom is 0.347 e. The fourth-order valence-electron chi connectivity index (χ4n) is 5.18. The second-order valence-electron chi connectivity index (χ2n) is 9.26. The topological polar surface area (TPSA) is 102 Å². The Morgan fingerprint density at radius 1 is 1.15 bits per heavy atom. The summed E-state index contributed by atoms with van der Waals surface area (Å²) in [5.74, 6) is -0.662. The highest BCUT2D eigenvalue weighted by atomic mass is 79.9. The quantitative estimate of drug-likeness (QED) is 0.398. The summed E-state index contributed by atoms with van der Waals surface area (Å²) in [5, 5.41) is 18.2. The van der Waals surface area contributed by atoms with Crippen molar-refractivity contribution in [3.63, 3.8) is 0 Å². The lowest BCUT2D eigenvalue weighted by Crippen LogP contribution is -3.00. The van der Waals surface area contributed by atoms with Gasteiger partial charge in [-0.25, -0.2) is 4.79 Å². The van der Waals surface area contributed by atoms with Crippen LogP contribution in [0.4, 0.5) is 5.82 Å². The first kappa shape index (κ1) is 25.4. The molecule has 2 N–H and O–H groups in total. The van der Waals surface area contributed by atoms with Crippen molar-refractivity contribution in [3.05, 3.63) is 48.2 Å². The van der Waals surface area contributed by atoms with Gasteiger partial charge in [-0.2, -0.15) is 0 Å². The first-order chi connectivity index (χ1) is 15.4. The number of aliphatic hydroxyl groups is 1. The number of aromatic nitrogens is 1. The molecule has 8 nitrogen and oxygen atoms in total. The number of carbonyl (C=O) groups is 2. The lowest BCUT2D eigenvalue weighted by Gasteiger charge is -2.39. The van der Waals surface area contributed by atoms with Gasteiger partial charge >= 0.3 is 5.97 Å². The van der Waals surface area contributed by atoms with E-state index in [0.717, 1.165) is 38.5 Å². The summed E-state index contributed by atoms with van der Waals surface area (Å²) in [6, 6.07) is 10.7. The predicted molar refractivity (Wildman–Crippen MR) is 117 cm³/mol. The van der Waals surface area contributed by atoms with Gasteiger partial charge < -0.3 is 36.7 Å². The van der Waals surface area contributed by atoms with Crippen LogP contribution in [-0.4, -0.2) is 53.0 Å². The van der Waals surface area contributed by atoms with Gasteiger partial charge in [-0.3, -0.25) is 9.28 Å². The van der Waals surface area contributed by atoms with Crippen molar-refractivity contribution in [1.82, 2.24) is 5.16 Å². The highest BCUT2D eigenvalue weighted by Crippen LogP contribution is 2.41. The molecule has 1 amide bonds. The number of anilines is 1. The number of esters is 1. The van der Waals surface area contributed by atoms with E-state index in [-0.39, 0.29) is 39.8 Å². The average molecular weight is 522 g/mol. The summed E-state index contributed by atoms with van der Waals surface area (Å²) in [6.07, 6.45) is 7.06. The molecule has 3 unspecified atom stereocenters. The molecule has 4 rings (SSSR count). The molecule has 2 aliphatic rings. The van der Waals surface area contributed by atoms with Crippen LogP contribution in [0.15, 0.2) is 47.2 Å². The summed E-state index contributed by atoms with van der Waals surface area (Å²) in [6.45, 7) is 0.843. The van der Waals surface area contributed by atoms with E-state index >= 15 is 0 Å². The van der Waals surface area contributed by atoms with Gasteiger partial charge in [-0.05, 0) is 18.4 Å². The summed E-state index contributed by atoms with van der Waals surface area (Å²) in [5.41, 5.74) is -1.11. The van der Waals surface area contributed by atoms with Gasteiger partial charge in [0.2, 0.25) is 6.23 Å². The molecule has 0 radical (unpaired) electrons. The fourth-order valence-corrected chi connectivity index (χ4v) is 5.18. The molecule has 1 aromatic carbocycles. The second kappa shape index (κ2) is 10.8. The van der Waals surface area contributed by atoms with E-state index in [2.05, 4.69) is 10.5 Å². The van der Waals surface area contributed by atoms with Gasteiger partial charge in [0.1, 0.15) is 6.26 Å². The van der Waals surface area contributed by atoms with Gasteiger partial charge in [-0.15, -0.1) is 0 Å². The SMILES string of the molecule is C[N+]1(CC(=O)Nc2ccon2)CCCC1OC(=O)C(O)(c1ccccc1)C1CCCCC1.[Br-]. The van der Waals surface area contributed by atoms with Crippen molar-refractivity contribution < 1.29 is 45.4 Å². The molecule has 2 aromatic rings. The number of hydrogen-bond acceptors (Lipinski definition) is 6. The first-order valence-electron chi connectivity index (χ1n) is 11.5. The molecular formula is C24H32BrN3O5. The molecule has 9 heteroatoms. The molecule has 1 saturated carbocycles. The second-order valence-corrected chi connectivity index (χ2v) is 9.26. The maximum atomic E-state index is 13.5. The zero-order chi connectivity index (χ0) is 22.6. The summed E-state index contributed by atoms with van der Waals surface area (Å²) in [7, 11) is 1.91. The van der Waals surface area contributed by atoms with E-state index < -0.39 is 17.8 Å². The van der Waals surface area contributed by atoms with E-state index in [1.54, 1.807) is 18.2 Å². The average Bonchev–Trinajstić information content (AvgIpc) is 3.44. The lowest BCUT2D eigenvalue weighted by atomic mass is 9.73. The van der Waals surface area contributed by atoms with Gasteiger partial charge in [-0.1, -0.05) is 54.8 Å². The van der Waals surface area contributed by atoms with Crippen molar-refractivity contribution >= 4 is 17.7 Å². The fraction of sp³-hybridized carbons (Fsp3) is 0.542. The molecule has 2 fully saturated rings. The number of quaternary nitrogens is 1. The summed E-state index contributed by atoms with van der Waals surface area (Å²) < 4.78 is 11.0. The van der Waals surface area contributed by atoms with Gasteiger partial charge in [0.25, 0.3) is 5.91 Å². The Bertz CT molecular complexity index is 919. The largest absolute Gasteiger partial charge is 1.00 e. The van der Waals surface area contributed by atoms with Crippen molar-refractivity contribution in [2.75, 3.05) is 25.5 Å². The molecule has 33 heavy (non-hydrogen) atoms. The number of nitrogens with zero attached hydrogens (tertiary/aromatic N) is 2. The first-order valence-corrected chi connectivity index (χ1v) is 11.5. The van der Waals surface area contributed by atoms with Crippen LogP contribution >= 0.6 is 0 Å². The Kier molecular flexibility index (Phi) is 8.31. The number of ether oxygens (including phenoxy) is 1. The third kappa shape index (κ3) is 5.47. The van der Waals surface area contributed by atoms with Crippen molar-refractivity contribution in [2.45, 2.75) is 56.8 Å². The number of benzene rings is 1. The smallest absolute Gasteiger partial charge is 0.347 e. The lowest BCUT2D eigenvalue weighted by molar-refractivity contribution is -0.932. The molecule has 180 valence electrons. The molecule has 1 saturated heterocycles. The van der Waals surface area contributed by atoms with E-state index in [1.807, 2.05) is 25.2 Å². The van der Waals surface area contributed by atoms with Crippen LogP contribution in [0.5, 0.6) is 0 Å².